The van der Waals surface area contributed by atoms with E-state index in [1.165, 1.54) is 22.2 Å². The maximum atomic E-state index is 10.8. The first-order chi connectivity index (χ1) is 8.72. The van der Waals surface area contributed by atoms with E-state index in [9.17, 15) is 4.79 Å². The number of aldehydes is 1. The molecule has 1 aromatic heterocycles. The van der Waals surface area contributed by atoms with Gasteiger partial charge >= 0.3 is 0 Å². The third kappa shape index (κ3) is 1.71. The van der Waals surface area contributed by atoms with Crippen LogP contribution < -0.4 is 0 Å². The van der Waals surface area contributed by atoms with Gasteiger partial charge in [0.15, 0.2) is 0 Å². The van der Waals surface area contributed by atoms with Crippen LogP contribution in [0.4, 0.5) is 0 Å². The minimum Gasteiger partial charge on any atom is -0.375 e. The van der Waals surface area contributed by atoms with E-state index < -0.39 is 0 Å². The molecular weight excluding hydrogens is 294 g/mol. The number of benzene rings is 1. The maximum Gasteiger partial charge on any atom is 0.120 e. The Morgan fingerprint density at radius 2 is 2.39 bits per heavy atom. The Hall–Kier alpha value is -1.13. The molecule has 0 fully saturated rings. The highest BCUT2D eigenvalue weighted by atomic mass is 79.9. The van der Waals surface area contributed by atoms with Crippen molar-refractivity contribution < 1.29 is 9.53 Å². The molecule has 0 saturated carbocycles. The van der Waals surface area contributed by atoms with Gasteiger partial charge < -0.3 is 14.1 Å². The molecule has 0 unspecified atom stereocenters. The van der Waals surface area contributed by atoms with Crippen LogP contribution in [0.2, 0.25) is 0 Å². The first kappa shape index (κ1) is 11.9. The number of aryl methyl sites for hydroxylation is 1. The highest BCUT2D eigenvalue weighted by molar-refractivity contribution is 9.10. The largest absolute Gasteiger partial charge is 0.375 e. The van der Waals surface area contributed by atoms with E-state index >= 15 is 0 Å². The Morgan fingerprint density at radius 3 is 3.17 bits per heavy atom. The Kier molecular flexibility index (Phi) is 2.99. The molecule has 0 saturated heterocycles. The quantitative estimate of drug-likeness (QED) is 0.798. The van der Waals surface area contributed by atoms with Gasteiger partial charge in [0.1, 0.15) is 6.29 Å². The molecule has 0 bridgehead atoms. The van der Waals surface area contributed by atoms with Crippen molar-refractivity contribution in [3.05, 3.63) is 33.9 Å². The Morgan fingerprint density at radius 1 is 1.56 bits per heavy atom. The Balaban J connectivity index is 2.29. The van der Waals surface area contributed by atoms with E-state index in [1.807, 2.05) is 6.07 Å². The summed E-state index contributed by atoms with van der Waals surface area (Å²) in [4.78, 5) is 10.8. The van der Waals surface area contributed by atoms with Gasteiger partial charge in [-0.1, -0.05) is 15.9 Å². The van der Waals surface area contributed by atoms with Crippen molar-refractivity contribution >= 4 is 33.1 Å². The fourth-order valence-electron chi connectivity index (χ4n) is 2.81. The lowest BCUT2D eigenvalue weighted by atomic mass is 9.92. The van der Waals surface area contributed by atoms with E-state index in [2.05, 4.69) is 39.7 Å². The number of hydrogen-bond donors (Lipinski definition) is 0. The third-order valence-corrected chi connectivity index (χ3v) is 4.17. The van der Waals surface area contributed by atoms with Crippen molar-refractivity contribution in [2.45, 2.75) is 18.9 Å². The number of nitrogens with zero attached hydrogens (tertiary/aromatic N) is 1. The van der Waals surface area contributed by atoms with Gasteiger partial charge in [0.05, 0.1) is 13.2 Å². The summed E-state index contributed by atoms with van der Waals surface area (Å²) in [5, 5.41) is 1.23. The molecule has 94 valence electrons. The number of rotatable bonds is 2. The minimum atomic E-state index is 0.184. The SMILES string of the molecule is Cn1c2c(c3cc(Br)ccc31)[C@@H](CC=O)COC2. The van der Waals surface area contributed by atoms with Crippen LogP contribution in [0, 0.1) is 0 Å². The smallest absolute Gasteiger partial charge is 0.120 e. The summed E-state index contributed by atoms with van der Waals surface area (Å²) in [6.45, 7) is 1.27. The summed E-state index contributed by atoms with van der Waals surface area (Å²) in [6.07, 6.45) is 1.51. The van der Waals surface area contributed by atoms with Gasteiger partial charge in [-0.3, -0.25) is 0 Å². The highest BCUT2D eigenvalue weighted by Crippen LogP contribution is 2.37. The zero-order chi connectivity index (χ0) is 12.7. The van der Waals surface area contributed by atoms with Crippen LogP contribution in [0.25, 0.3) is 10.9 Å². The molecule has 1 aromatic carbocycles. The first-order valence-electron chi connectivity index (χ1n) is 6.00. The molecule has 0 spiro atoms. The van der Waals surface area contributed by atoms with Crippen molar-refractivity contribution in [3.63, 3.8) is 0 Å². The van der Waals surface area contributed by atoms with Crippen LogP contribution in [0.3, 0.4) is 0 Å². The molecule has 2 heterocycles. The van der Waals surface area contributed by atoms with Crippen molar-refractivity contribution in [3.8, 4) is 0 Å². The van der Waals surface area contributed by atoms with Crippen molar-refractivity contribution in [2.24, 2.45) is 7.05 Å². The second-order valence-electron chi connectivity index (χ2n) is 4.70. The van der Waals surface area contributed by atoms with Gasteiger partial charge in [0.2, 0.25) is 0 Å². The van der Waals surface area contributed by atoms with Gasteiger partial charge in [-0.2, -0.15) is 0 Å². The number of halogens is 1. The summed E-state index contributed by atoms with van der Waals surface area (Å²) in [7, 11) is 2.06. The predicted octanol–water partition coefficient (Wildman–Crippen LogP) is 3.14. The van der Waals surface area contributed by atoms with Crippen LogP contribution in [0.1, 0.15) is 23.6 Å². The van der Waals surface area contributed by atoms with Crippen molar-refractivity contribution in [1.29, 1.82) is 0 Å². The molecule has 4 heteroatoms. The molecule has 0 aliphatic carbocycles. The number of hydrogen-bond acceptors (Lipinski definition) is 2. The van der Waals surface area contributed by atoms with E-state index in [0.717, 1.165) is 10.8 Å². The third-order valence-electron chi connectivity index (χ3n) is 3.67. The van der Waals surface area contributed by atoms with E-state index in [0.29, 0.717) is 19.6 Å². The summed E-state index contributed by atoms with van der Waals surface area (Å²) < 4.78 is 8.85. The van der Waals surface area contributed by atoms with Crippen molar-refractivity contribution in [2.75, 3.05) is 6.61 Å². The first-order valence-corrected chi connectivity index (χ1v) is 6.79. The normalized spacial score (nSPS) is 18.9. The Bertz CT molecular complexity index is 618. The number of carbonyl (C=O) groups excluding carboxylic acids is 1. The van der Waals surface area contributed by atoms with E-state index in [-0.39, 0.29) is 5.92 Å². The molecule has 0 amide bonds. The number of fused-ring (bicyclic) bond motifs is 3. The summed E-state index contributed by atoms with van der Waals surface area (Å²) in [5.41, 5.74) is 3.68. The second kappa shape index (κ2) is 4.52. The van der Waals surface area contributed by atoms with Gasteiger partial charge in [0, 0.05) is 40.5 Å². The molecule has 1 aliphatic rings. The average molecular weight is 308 g/mol. The fraction of sp³-hybridized carbons (Fsp3) is 0.357. The van der Waals surface area contributed by atoms with Gasteiger partial charge in [-0.25, -0.2) is 0 Å². The monoisotopic (exact) mass is 307 g/mol. The standard InChI is InChI=1S/C14H14BrNO2/c1-16-12-3-2-10(15)6-11(12)14-9(4-5-17)7-18-8-13(14)16/h2-3,5-6,9H,4,7-8H2,1H3/t9-/m0/s1. The zero-order valence-corrected chi connectivity index (χ0v) is 11.7. The van der Waals surface area contributed by atoms with Gasteiger partial charge in [0.25, 0.3) is 0 Å². The Labute approximate surface area is 114 Å². The number of carbonyl (C=O) groups is 1. The van der Waals surface area contributed by atoms with E-state index in [1.54, 1.807) is 0 Å². The minimum absolute atomic E-state index is 0.184. The van der Waals surface area contributed by atoms with Crippen LogP contribution in [0.15, 0.2) is 22.7 Å². The van der Waals surface area contributed by atoms with Crippen LogP contribution in [0.5, 0.6) is 0 Å². The number of aromatic nitrogens is 1. The molecule has 18 heavy (non-hydrogen) atoms. The molecular formula is C14H14BrNO2. The van der Waals surface area contributed by atoms with Crippen LogP contribution in [-0.2, 0) is 23.2 Å². The molecule has 1 atom stereocenters. The topological polar surface area (TPSA) is 31.2 Å². The van der Waals surface area contributed by atoms with Crippen LogP contribution >= 0.6 is 15.9 Å². The molecule has 3 nitrogen and oxygen atoms in total. The summed E-state index contributed by atoms with van der Waals surface area (Å²) in [6, 6.07) is 6.29. The average Bonchev–Trinajstić information content (AvgIpc) is 2.64. The lowest BCUT2D eigenvalue weighted by Gasteiger charge is -2.22. The summed E-state index contributed by atoms with van der Waals surface area (Å²) in [5.74, 6) is 0.184. The lowest BCUT2D eigenvalue weighted by molar-refractivity contribution is -0.108. The van der Waals surface area contributed by atoms with Crippen LogP contribution in [-0.4, -0.2) is 17.5 Å². The second-order valence-corrected chi connectivity index (χ2v) is 5.61. The zero-order valence-electron chi connectivity index (χ0n) is 10.1. The number of ether oxygens (including phenoxy) is 1. The van der Waals surface area contributed by atoms with Crippen molar-refractivity contribution in [1.82, 2.24) is 4.57 Å². The maximum absolute atomic E-state index is 10.8. The van der Waals surface area contributed by atoms with Gasteiger partial charge in [-0.05, 0) is 23.8 Å². The predicted molar refractivity (Wildman–Crippen MR) is 73.7 cm³/mol. The molecule has 2 aromatic rings. The van der Waals surface area contributed by atoms with E-state index in [4.69, 9.17) is 4.74 Å². The molecule has 0 radical (unpaired) electrons. The molecule has 3 rings (SSSR count). The fourth-order valence-corrected chi connectivity index (χ4v) is 3.17. The van der Waals surface area contributed by atoms with Gasteiger partial charge in [-0.15, -0.1) is 0 Å². The lowest BCUT2D eigenvalue weighted by Crippen LogP contribution is -2.17. The molecule has 0 N–H and O–H groups in total. The highest BCUT2D eigenvalue weighted by Gasteiger charge is 2.26. The summed E-state index contributed by atoms with van der Waals surface area (Å²) >= 11 is 3.52. The molecule has 1 aliphatic heterocycles.